The van der Waals surface area contributed by atoms with Gasteiger partial charge in [-0.15, -0.1) is 0 Å². The zero-order valence-corrected chi connectivity index (χ0v) is 14.8. The van der Waals surface area contributed by atoms with E-state index in [1.54, 1.807) is 34.6 Å². The van der Waals surface area contributed by atoms with Crippen LogP contribution in [0, 0.1) is 5.41 Å². The second kappa shape index (κ2) is 6.60. The predicted octanol–water partition coefficient (Wildman–Crippen LogP) is 3.53. The van der Waals surface area contributed by atoms with Crippen LogP contribution >= 0.6 is 15.9 Å². The molecule has 0 aliphatic heterocycles. The van der Waals surface area contributed by atoms with Crippen LogP contribution in [0.15, 0.2) is 18.2 Å². The van der Waals surface area contributed by atoms with Gasteiger partial charge in [0.15, 0.2) is 0 Å². The topological polar surface area (TPSA) is 69.7 Å². The van der Waals surface area contributed by atoms with Crippen LogP contribution in [0.25, 0.3) is 0 Å². The fourth-order valence-electron chi connectivity index (χ4n) is 1.27. The molecule has 0 N–H and O–H groups in total. The molecule has 0 radical (unpaired) electrons. The van der Waals surface area contributed by atoms with E-state index in [0.29, 0.717) is 6.29 Å². The Morgan fingerprint density at radius 2 is 1.41 bits per heavy atom. The van der Waals surface area contributed by atoms with Crippen molar-refractivity contribution in [3.63, 3.8) is 0 Å². The molecule has 0 unspecified atom stereocenters. The van der Waals surface area contributed by atoms with Gasteiger partial charge in [0.05, 0.1) is 5.41 Å². The van der Waals surface area contributed by atoms with E-state index in [1.165, 1.54) is 18.2 Å². The lowest BCUT2D eigenvalue weighted by atomic mass is 9.97. The zero-order valence-electron chi connectivity index (χ0n) is 13.2. The normalized spacial score (nSPS) is 11.7. The lowest BCUT2D eigenvalue weighted by molar-refractivity contribution is -0.143. The average molecular weight is 371 g/mol. The van der Waals surface area contributed by atoms with E-state index in [0.717, 1.165) is 0 Å². The van der Waals surface area contributed by atoms with Gasteiger partial charge >= 0.3 is 11.9 Å². The third-order valence-electron chi connectivity index (χ3n) is 2.56. The highest BCUT2D eigenvalue weighted by molar-refractivity contribution is 9.10. The first-order valence-corrected chi connectivity index (χ1v) is 7.46. The Kier molecular flexibility index (Phi) is 5.51. The van der Waals surface area contributed by atoms with Gasteiger partial charge in [0.2, 0.25) is 0 Å². The summed E-state index contributed by atoms with van der Waals surface area (Å²) in [5.74, 6) is -0.684. The van der Waals surface area contributed by atoms with E-state index < -0.39 is 21.7 Å². The first-order valence-electron chi connectivity index (χ1n) is 6.67. The molecule has 22 heavy (non-hydrogen) atoms. The summed E-state index contributed by atoms with van der Waals surface area (Å²) in [5, 5.41) is 0. The second-order valence-electron chi connectivity index (χ2n) is 6.36. The Morgan fingerprint density at radius 1 is 0.955 bits per heavy atom. The molecule has 0 aliphatic rings. The van der Waals surface area contributed by atoms with Gasteiger partial charge in [-0.25, -0.2) is 0 Å². The Morgan fingerprint density at radius 3 is 1.77 bits per heavy atom. The molecule has 1 aromatic carbocycles. The Bertz CT molecular complexity index is 547. The van der Waals surface area contributed by atoms with E-state index >= 15 is 0 Å². The number of ether oxygens (including phenoxy) is 2. The van der Waals surface area contributed by atoms with Crippen LogP contribution in [0.2, 0.25) is 0 Å². The van der Waals surface area contributed by atoms with Crippen LogP contribution in [0.1, 0.15) is 45.0 Å². The molecule has 1 rings (SSSR count). The molecule has 6 heteroatoms. The Hall–Kier alpha value is -1.69. The minimum absolute atomic E-state index is 0.138. The highest BCUT2D eigenvalue weighted by atomic mass is 79.9. The quantitative estimate of drug-likeness (QED) is 0.351. The Balaban J connectivity index is 3.06. The molecular weight excluding hydrogens is 352 g/mol. The van der Waals surface area contributed by atoms with Crippen molar-refractivity contribution in [2.75, 3.05) is 0 Å². The smallest absolute Gasteiger partial charge is 0.327 e. The molecule has 0 amide bonds. The maximum atomic E-state index is 11.9. The molecular formula is C16H19BrO5. The molecule has 1 aromatic rings. The molecule has 0 spiro atoms. The van der Waals surface area contributed by atoms with Gasteiger partial charge in [-0.05, 0) is 46.8 Å². The lowest BCUT2D eigenvalue weighted by Gasteiger charge is -2.18. The Labute approximate surface area is 138 Å². The fourth-order valence-corrected chi connectivity index (χ4v) is 1.35. The van der Waals surface area contributed by atoms with Crippen LogP contribution in [-0.2, 0) is 9.59 Å². The van der Waals surface area contributed by atoms with E-state index in [4.69, 9.17) is 9.47 Å². The van der Waals surface area contributed by atoms with Crippen molar-refractivity contribution in [2.24, 2.45) is 5.41 Å². The minimum atomic E-state index is -0.869. The van der Waals surface area contributed by atoms with Crippen LogP contribution in [-0.4, -0.2) is 22.5 Å². The molecule has 120 valence electrons. The molecule has 0 bridgehead atoms. The maximum Gasteiger partial charge on any atom is 0.327 e. The van der Waals surface area contributed by atoms with Crippen LogP contribution in [0.3, 0.4) is 0 Å². The van der Waals surface area contributed by atoms with Gasteiger partial charge in [0, 0.05) is 11.6 Å². The highest BCUT2D eigenvalue weighted by Gasteiger charge is 2.27. The summed E-state index contributed by atoms with van der Waals surface area (Å²) < 4.78 is 9.55. The van der Waals surface area contributed by atoms with E-state index in [2.05, 4.69) is 15.9 Å². The number of halogens is 1. The van der Waals surface area contributed by atoms with Crippen molar-refractivity contribution < 1.29 is 23.9 Å². The summed E-state index contributed by atoms with van der Waals surface area (Å²) >= 11 is 3.19. The van der Waals surface area contributed by atoms with Crippen LogP contribution < -0.4 is 9.47 Å². The van der Waals surface area contributed by atoms with Crippen molar-refractivity contribution in [3.8, 4) is 11.5 Å². The summed E-state index contributed by atoms with van der Waals surface area (Å²) in [6, 6.07) is 4.21. The number of hydrogen-bond donors (Lipinski definition) is 0. The predicted molar refractivity (Wildman–Crippen MR) is 85.6 cm³/mol. The SMILES string of the molecule is CC(C)(C)C(=O)Oc1cc(C=O)cc(OC(=O)C(C)(C)Br)c1. The largest absolute Gasteiger partial charge is 0.426 e. The highest BCUT2D eigenvalue weighted by Crippen LogP contribution is 2.27. The average Bonchev–Trinajstić information content (AvgIpc) is 2.36. The van der Waals surface area contributed by atoms with Crippen LogP contribution in [0.4, 0.5) is 0 Å². The first kappa shape index (κ1) is 18.4. The van der Waals surface area contributed by atoms with Crippen molar-refractivity contribution in [1.82, 2.24) is 0 Å². The number of benzene rings is 1. The van der Waals surface area contributed by atoms with Gasteiger partial charge in [-0.3, -0.25) is 14.4 Å². The number of esters is 2. The third kappa shape index (κ3) is 5.26. The van der Waals surface area contributed by atoms with Crippen molar-refractivity contribution in [1.29, 1.82) is 0 Å². The monoisotopic (exact) mass is 370 g/mol. The molecule has 0 saturated carbocycles. The summed E-state index contributed by atoms with van der Waals surface area (Å²) in [6.45, 7) is 8.42. The standard InChI is InChI=1S/C16H19BrO5/c1-15(2,3)13(19)21-11-6-10(9-18)7-12(8-11)22-14(20)16(4,5)17/h6-9H,1-5H3. The summed E-state index contributed by atoms with van der Waals surface area (Å²) in [6.07, 6.45) is 0.588. The second-order valence-corrected chi connectivity index (χ2v) is 8.34. The number of rotatable bonds is 4. The fraction of sp³-hybridized carbons (Fsp3) is 0.438. The number of aldehydes is 1. The van der Waals surface area contributed by atoms with Crippen molar-refractivity contribution >= 4 is 34.2 Å². The van der Waals surface area contributed by atoms with Gasteiger partial charge in [-0.1, -0.05) is 15.9 Å². The van der Waals surface area contributed by atoms with Gasteiger partial charge < -0.3 is 9.47 Å². The molecule has 0 aromatic heterocycles. The lowest BCUT2D eigenvalue weighted by Crippen LogP contribution is -2.29. The van der Waals surface area contributed by atoms with E-state index in [1.807, 2.05) is 0 Å². The number of hydrogen-bond acceptors (Lipinski definition) is 5. The zero-order chi connectivity index (χ0) is 17.1. The van der Waals surface area contributed by atoms with Crippen molar-refractivity contribution in [2.45, 2.75) is 38.9 Å². The number of alkyl halides is 1. The third-order valence-corrected chi connectivity index (χ3v) is 2.88. The molecule has 0 saturated heterocycles. The molecule has 0 fully saturated rings. The summed E-state index contributed by atoms with van der Waals surface area (Å²) in [7, 11) is 0. The van der Waals surface area contributed by atoms with Gasteiger partial charge in [-0.2, -0.15) is 0 Å². The minimum Gasteiger partial charge on any atom is -0.426 e. The van der Waals surface area contributed by atoms with Crippen LogP contribution in [0.5, 0.6) is 11.5 Å². The molecule has 5 nitrogen and oxygen atoms in total. The van der Waals surface area contributed by atoms with E-state index in [-0.39, 0.29) is 17.1 Å². The maximum absolute atomic E-state index is 11.9. The summed E-state index contributed by atoms with van der Waals surface area (Å²) in [5.41, 5.74) is -0.444. The number of carbonyl (C=O) groups is 3. The van der Waals surface area contributed by atoms with Gasteiger partial charge in [0.1, 0.15) is 22.1 Å². The van der Waals surface area contributed by atoms with Gasteiger partial charge in [0.25, 0.3) is 0 Å². The molecule has 0 atom stereocenters. The number of carbonyl (C=O) groups excluding carboxylic acids is 3. The van der Waals surface area contributed by atoms with Crippen molar-refractivity contribution in [3.05, 3.63) is 23.8 Å². The van der Waals surface area contributed by atoms with E-state index in [9.17, 15) is 14.4 Å². The molecule has 0 heterocycles. The first-order chi connectivity index (χ1) is 9.93. The molecule has 0 aliphatic carbocycles. The summed E-state index contributed by atoms with van der Waals surface area (Å²) in [4.78, 5) is 34.7.